The third-order valence-electron chi connectivity index (χ3n) is 2.55. The average Bonchev–Trinajstić information content (AvgIpc) is 2.36. The van der Waals surface area contributed by atoms with E-state index in [2.05, 4.69) is 42.2 Å². The number of hydrogen-bond donors (Lipinski definition) is 1. The number of nitrogens with one attached hydrogen (secondary N) is 1. The predicted octanol–water partition coefficient (Wildman–Crippen LogP) is 4.43. The van der Waals surface area contributed by atoms with Crippen LogP contribution >= 0.6 is 31.9 Å². The molecule has 1 N–H and O–H groups in total. The standard InChI is InChI=1S/C14H14Br2N2O/c1-9-3-4-13(12(16)5-9)19-14-10(7-17-2)6-11(15)8-18-14/h3-6,8,17H,7H2,1-2H3. The molecule has 1 aromatic heterocycles. The zero-order valence-corrected chi connectivity index (χ0v) is 13.9. The van der Waals surface area contributed by atoms with Crippen LogP contribution in [0.15, 0.2) is 39.4 Å². The molecule has 0 unspecified atom stereocenters. The highest BCUT2D eigenvalue weighted by atomic mass is 79.9. The number of nitrogens with zero attached hydrogens (tertiary/aromatic N) is 1. The van der Waals surface area contributed by atoms with Gasteiger partial charge in [-0.05, 0) is 69.6 Å². The predicted molar refractivity (Wildman–Crippen MR) is 83.7 cm³/mol. The molecule has 0 spiro atoms. The van der Waals surface area contributed by atoms with Crippen LogP contribution in [-0.4, -0.2) is 12.0 Å². The smallest absolute Gasteiger partial charge is 0.223 e. The lowest BCUT2D eigenvalue weighted by atomic mass is 10.2. The van der Waals surface area contributed by atoms with Gasteiger partial charge in [-0.3, -0.25) is 0 Å². The molecule has 3 nitrogen and oxygen atoms in total. The molecule has 0 bridgehead atoms. The van der Waals surface area contributed by atoms with E-state index in [-0.39, 0.29) is 0 Å². The molecule has 1 heterocycles. The van der Waals surface area contributed by atoms with E-state index in [1.54, 1.807) is 6.20 Å². The average molecular weight is 386 g/mol. The van der Waals surface area contributed by atoms with Crippen molar-refractivity contribution in [1.82, 2.24) is 10.3 Å². The first-order valence-corrected chi connectivity index (χ1v) is 7.42. The third kappa shape index (κ3) is 3.78. The number of halogens is 2. The molecule has 100 valence electrons. The van der Waals surface area contributed by atoms with E-state index in [9.17, 15) is 0 Å². The normalized spacial score (nSPS) is 10.5. The molecule has 0 saturated carbocycles. The molecule has 0 radical (unpaired) electrons. The van der Waals surface area contributed by atoms with Gasteiger partial charge in [0.2, 0.25) is 5.88 Å². The zero-order chi connectivity index (χ0) is 13.8. The van der Waals surface area contributed by atoms with E-state index in [1.807, 2.05) is 38.2 Å². The van der Waals surface area contributed by atoms with Crippen LogP contribution in [0, 0.1) is 6.92 Å². The molecule has 0 aliphatic rings. The molecule has 0 aliphatic heterocycles. The fraction of sp³-hybridized carbons (Fsp3) is 0.214. The summed E-state index contributed by atoms with van der Waals surface area (Å²) in [6.07, 6.45) is 1.73. The molecule has 0 aliphatic carbocycles. The summed E-state index contributed by atoms with van der Waals surface area (Å²) in [7, 11) is 1.90. The van der Waals surface area contributed by atoms with Crippen molar-refractivity contribution in [3.63, 3.8) is 0 Å². The van der Waals surface area contributed by atoms with Gasteiger partial charge in [-0.2, -0.15) is 0 Å². The van der Waals surface area contributed by atoms with Gasteiger partial charge < -0.3 is 10.1 Å². The maximum atomic E-state index is 5.88. The lowest BCUT2D eigenvalue weighted by Crippen LogP contribution is -2.07. The molecule has 0 atom stereocenters. The van der Waals surface area contributed by atoms with Crippen molar-refractivity contribution in [2.45, 2.75) is 13.5 Å². The molecule has 0 fully saturated rings. The summed E-state index contributed by atoms with van der Waals surface area (Å²) < 4.78 is 7.75. The van der Waals surface area contributed by atoms with Crippen LogP contribution in [-0.2, 0) is 6.54 Å². The minimum absolute atomic E-state index is 0.613. The van der Waals surface area contributed by atoms with E-state index in [1.165, 1.54) is 5.56 Å². The van der Waals surface area contributed by atoms with Crippen molar-refractivity contribution in [2.75, 3.05) is 7.05 Å². The Labute approximate surface area is 129 Å². The number of pyridine rings is 1. The molecule has 0 saturated heterocycles. The van der Waals surface area contributed by atoms with E-state index >= 15 is 0 Å². The Balaban J connectivity index is 2.32. The first kappa shape index (κ1) is 14.5. The molecular weight excluding hydrogens is 372 g/mol. The fourth-order valence-electron chi connectivity index (χ4n) is 1.67. The van der Waals surface area contributed by atoms with E-state index in [0.29, 0.717) is 12.4 Å². The fourth-order valence-corrected chi connectivity index (χ4v) is 2.62. The Bertz CT molecular complexity index is 588. The number of ether oxygens (including phenoxy) is 1. The summed E-state index contributed by atoms with van der Waals surface area (Å²) in [5, 5.41) is 3.11. The molecule has 1 aromatic carbocycles. The van der Waals surface area contributed by atoms with Crippen molar-refractivity contribution < 1.29 is 4.74 Å². The maximum Gasteiger partial charge on any atom is 0.223 e. The second-order valence-corrected chi connectivity index (χ2v) is 5.95. The van der Waals surface area contributed by atoms with Crippen molar-refractivity contribution in [3.8, 4) is 11.6 Å². The Morgan fingerprint density at radius 1 is 1.26 bits per heavy atom. The Morgan fingerprint density at radius 3 is 2.74 bits per heavy atom. The highest BCUT2D eigenvalue weighted by molar-refractivity contribution is 9.10. The largest absolute Gasteiger partial charge is 0.438 e. The second kappa shape index (κ2) is 6.50. The van der Waals surface area contributed by atoms with Gasteiger partial charge in [-0.1, -0.05) is 6.07 Å². The summed E-state index contributed by atoms with van der Waals surface area (Å²) in [5.41, 5.74) is 2.18. The summed E-state index contributed by atoms with van der Waals surface area (Å²) in [5.74, 6) is 1.37. The van der Waals surface area contributed by atoms with Gasteiger partial charge in [0, 0.05) is 22.8 Å². The summed E-state index contributed by atoms with van der Waals surface area (Å²) >= 11 is 6.93. The van der Waals surface area contributed by atoms with Crippen LogP contribution < -0.4 is 10.1 Å². The quantitative estimate of drug-likeness (QED) is 0.845. The van der Waals surface area contributed by atoms with E-state index < -0.39 is 0 Å². The van der Waals surface area contributed by atoms with Gasteiger partial charge in [0.25, 0.3) is 0 Å². The monoisotopic (exact) mass is 384 g/mol. The van der Waals surface area contributed by atoms with Crippen molar-refractivity contribution in [2.24, 2.45) is 0 Å². The first-order valence-electron chi connectivity index (χ1n) is 5.83. The third-order valence-corrected chi connectivity index (χ3v) is 3.61. The van der Waals surface area contributed by atoms with Crippen LogP contribution in [0.1, 0.15) is 11.1 Å². The SMILES string of the molecule is CNCc1cc(Br)cnc1Oc1ccc(C)cc1Br. The lowest BCUT2D eigenvalue weighted by Gasteiger charge is -2.11. The Morgan fingerprint density at radius 2 is 2.05 bits per heavy atom. The van der Waals surface area contributed by atoms with Crippen LogP contribution in [0.2, 0.25) is 0 Å². The topological polar surface area (TPSA) is 34.2 Å². The molecular formula is C14H14Br2N2O. The Hall–Kier alpha value is -0.910. The Kier molecular flexibility index (Phi) is 4.96. The highest BCUT2D eigenvalue weighted by Crippen LogP contribution is 2.31. The molecule has 0 amide bonds. The number of rotatable bonds is 4. The van der Waals surface area contributed by atoms with E-state index in [4.69, 9.17) is 4.74 Å². The molecule has 19 heavy (non-hydrogen) atoms. The second-order valence-electron chi connectivity index (χ2n) is 4.18. The number of aromatic nitrogens is 1. The van der Waals surface area contributed by atoms with Gasteiger partial charge in [-0.15, -0.1) is 0 Å². The van der Waals surface area contributed by atoms with Crippen LogP contribution in [0.5, 0.6) is 11.6 Å². The van der Waals surface area contributed by atoms with Crippen molar-refractivity contribution in [3.05, 3.63) is 50.5 Å². The summed E-state index contributed by atoms with van der Waals surface area (Å²) in [6.45, 7) is 2.74. The lowest BCUT2D eigenvalue weighted by molar-refractivity contribution is 0.451. The summed E-state index contributed by atoms with van der Waals surface area (Å²) in [4.78, 5) is 4.33. The van der Waals surface area contributed by atoms with Gasteiger partial charge in [0.15, 0.2) is 0 Å². The molecule has 2 rings (SSSR count). The summed E-state index contributed by atoms with van der Waals surface area (Å²) in [6, 6.07) is 7.97. The number of benzene rings is 1. The maximum absolute atomic E-state index is 5.88. The van der Waals surface area contributed by atoms with Crippen molar-refractivity contribution >= 4 is 31.9 Å². The van der Waals surface area contributed by atoms with Gasteiger partial charge in [0.1, 0.15) is 5.75 Å². The van der Waals surface area contributed by atoms with Gasteiger partial charge in [-0.25, -0.2) is 4.98 Å². The highest BCUT2D eigenvalue weighted by Gasteiger charge is 2.09. The van der Waals surface area contributed by atoms with Crippen LogP contribution in [0.25, 0.3) is 0 Å². The number of aryl methyl sites for hydroxylation is 1. The van der Waals surface area contributed by atoms with Gasteiger partial charge >= 0.3 is 0 Å². The number of hydrogen-bond acceptors (Lipinski definition) is 3. The van der Waals surface area contributed by atoms with Crippen LogP contribution in [0.3, 0.4) is 0 Å². The molecule has 2 aromatic rings. The minimum Gasteiger partial charge on any atom is -0.438 e. The first-order chi connectivity index (χ1) is 9.10. The minimum atomic E-state index is 0.613. The van der Waals surface area contributed by atoms with Crippen molar-refractivity contribution in [1.29, 1.82) is 0 Å². The zero-order valence-electron chi connectivity index (χ0n) is 10.7. The van der Waals surface area contributed by atoms with Crippen LogP contribution in [0.4, 0.5) is 0 Å². The van der Waals surface area contributed by atoms with E-state index in [0.717, 1.165) is 20.3 Å². The van der Waals surface area contributed by atoms with Gasteiger partial charge in [0.05, 0.1) is 4.47 Å². The molecule has 5 heteroatoms.